The van der Waals surface area contributed by atoms with Crippen LogP contribution in [0.3, 0.4) is 0 Å². The van der Waals surface area contributed by atoms with Gasteiger partial charge in [-0.15, -0.1) is 11.3 Å². The molecule has 6 nitrogen and oxygen atoms in total. The average Bonchev–Trinajstić information content (AvgIpc) is 2.99. The van der Waals surface area contributed by atoms with E-state index in [2.05, 4.69) is 24.1 Å². The minimum absolute atomic E-state index is 0.223. The Morgan fingerprint density at radius 2 is 1.81 bits per heavy atom. The first kappa shape index (κ1) is 19.0. The molecule has 26 heavy (non-hydrogen) atoms. The van der Waals surface area contributed by atoms with Crippen molar-refractivity contribution in [3.05, 3.63) is 40.9 Å². The van der Waals surface area contributed by atoms with Crippen molar-refractivity contribution in [3.8, 4) is 0 Å². The molecule has 1 amide bonds. The van der Waals surface area contributed by atoms with Crippen molar-refractivity contribution < 1.29 is 13.2 Å². The van der Waals surface area contributed by atoms with Gasteiger partial charge in [0.1, 0.15) is 0 Å². The Hall–Kier alpha value is -1.77. The molecule has 1 saturated heterocycles. The number of hydrogen-bond acceptors (Lipinski definition) is 5. The van der Waals surface area contributed by atoms with Crippen molar-refractivity contribution in [2.24, 2.45) is 11.8 Å². The maximum absolute atomic E-state index is 12.9. The molecule has 3 rings (SSSR count). The Kier molecular flexibility index (Phi) is 5.45. The molecule has 0 bridgehead atoms. The number of thiazole rings is 1. The number of amides is 1. The van der Waals surface area contributed by atoms with Crippen LogP contribution in [0.2, 0.25) is 0 Å². The fourth-order valence-corrected chi connectivity index (χ4v) is 5.67. The molecule has 0 spiro atoms. The normalized spacial score (nSPS) is 21.5. The van der Waals surface area contributed by atoms with Crippen LogP contribution in [-0.2, 0) is 10.0 Å². The molecule has 8 heteroatoms. The summed E-state index contributed by atoms with van der Waals surface area (Å²) in [6, 6.07) is 6.08. The van der Waals surface area contributed by atoms with E-state index in [-0.39, 0.29) is 10.8 Å². The molecule has 2 heterocycles. The number of carbonyl (C=O) groups excluding carboxylic acids is 1. The van der Waals surface area contributed by atoms with Gasteiger partial charge in [-0.3, -0.25) is 10.1 Å². The van der Waals surface area contributed by atoms with E-state index in [4.69, 9.17) is 0 Å². The molecular formula is C18H23N3O3S2. The van der Waals surface area contributed by atoms with Crippen molar-refractivity contribution in [1.29, 1.82) is 0 Å². The number of nitrogens with zero attached hydrogens (tertiary/aromatic N) is 2. The Labute approximate surface area is 158 Å². The molecule has 1 aliphatic rings. The van der Waals surface area contributed by atoms with E-state index in [9.17, 15) is 13.2 Å². The number of piperidine rings is 1. The molecule has 0 saturated carbocycles. The fraction of sp³-hybridized carbons (Fsp3) is 0.444. The van der Waals surface area contributed by atoms with Crippen molar-refractivity contribution in [2.45, 2.75) is 32.1 Å². The summed E-state index contributed by atoms with van der Waals surface area (Å²) in [4.78, 5) is 16.7. The largest absolute Gasteiger partial charge is 0.298 e. The third-order valence-electron chi connectivity index (χ3n) is 4.43. The van der Waals surface area contributed by atoms with Gasteiger partial charge in [0.15, 0.2) is 5.13 Å². The van der Waals surface area contributed by atoms with E-state index in [0.29, 0.717) is 35.6 Å². The fourth-order valence-electron chi connectivity index (χ4n) is 3.31. The highest BCUT2D eigenvalue weighted by atomic mass is 32.2. The second kappa shape index (κ2) is 7.46. The summed E-state index contributed by atoms with van der Waals surface area (Å²) in [7, 11) is -3.53. The van der Waals surface area contributed by atoms with Crippen LogP contribution >= 0.6 is 11.3 Å². The van der Waals surface area contributed by atoms with E-state index in [0.717, 1.165) is 12.1 Å². The number of carbonyl (C=O) groups is 1. The first-order valence-corrected chi connectivity index (χ1v) is 10.9. The molecule has 0 unspecified atom stereocenters. The van der Waals surface area contributed by atoms with Crippen molar-refractivity contribution in [2.75, 3.05) is 18.4 Å². The highest BCUT2D eigenvalue weighted by Gasteiger charge is 2.31. The molecular weight excluding hydrogens is 370 g/mol. The lowest BCUT2D eigenvalue weighted by Gasteiger charge is -2.34. The molecule has 1 aromatic heterocycles. The SMILES string of the molecule is Cc1csc(NC(=O)c2ccc(S(=O)(=O)N3C[C@@H](C)C[C@H](C)C3)cc2)n1. The van der Waals surface area contributed by atoms with Gasteiger partial charge in [0, 0.05) is 24.0 Å². The van der Waals surface area contributed by atoms with Gasteiger partial charge in [0.25, 0.3) is 5.91 Å². The van der Waals surface area contributed by atoms with Crippen LogP contribution in [0.1, 0.15) is 36.3 Å². The van der Waals surface area contributed by atoms with Crippen LogP contribution < -0.4 is 5.32 Å². The standard InChI is InChI=1S/C18H23N3O3S2/c1-12-8-13(2)10-21(9-12)26(23,24)16-6-4-15(5-7-16)17(22)20-18-19-14(3)11-25-18/h4-7,11-13H,8-10H2,1-3H3,(H,19,20,22)/t12-,13-/m0/s1. The van der Waals surface area contributed by atoms with Gasteiger partial charge >= 0.3 is 0 Å². The monoisotopic (exact) mass is 393 g/mol. The summed E-state index contributed by atoms with van der Waals surface area (Å²) in [5.74, 6) is 0.393. The number of hydrogen-bond donors (Lipinski definition) is 1. The molecule has 0 radical (unpaired) electrons. The molecule has 1 N–H and O–H groups in total. The van der Waals surface area contributed by atoms with Gasteiger partial charge < -0.3 is 0 Å². The van der Waals surface area contributed by atoms with E-state index >= 15 is 0 Å². The predicted octanol–water partition coefficient (Wildman–Crippen LogP) is 3.37. The Morgan fingerprint density at radius 3 is 2.35 bits per heavy atom. The molecule has 0 aliphatic carbocycles. The number of anilines is 1. The molecule has 1 aromatic carbocycles. The maximum Gasteiger partial charge on any atom is 0.257 e. The first-order valence-electron chi connectivity index (χ1n) is 8.59. The highest BCUT2D eigenvalue weighted by molar-refractivity contribution is 7.89. The van der Waals surface area contributed by atoms with Crippen LogP contribution in [0, 0.1) is 18.8 Å². The first-order chi connectivity index (χ1) is 12.3. The predicted molar refractivity (Wildman–Crippen MR) is 103 cm³/mol. The summed E-state index contributed by atoms with van der Waals surface area (Å²) in [5.41, 5.74) is 1.24. The molecule has 2 atom stereocenters. The number of nitrogens with one attached hydrogen (secondary N) is 1. The highest BCUT2D eigenvalue weighted by Crippen LogP contribution is 2.27. The zero-order valence-corrected chi connectivity index (χ0v) is 16.7. The molecule has 1 aliphatic heterocycles. The number of sulfonamides is 1. The van der Waals surface area contributed by atoms with Crippen molar-refractivity contribution >= 4 is 32.4 Å². The van der Waals surface area contributed by atoms with Crippen LogP contribution in [0.15, 0.2) is 34.5 Å². The number of rotatable bonds is 4. The van der Waals surface area contributed by atoms with E-state index in [1.807, 2.05) is 12.3 Å². The zero-order valence-electron chi connectivity index (χ0n) is 15.1. The Bertz CT molecular complexity index is 881. The summed E-state index contributed by atoms with van der Waals surface area (Å²) in [5, 5.41) is 5.10. The molecule has 2 aromatic rings. The summed E-state index contributed by atoms with van der Waals surface area (Å²) >= 11 is 1.35. The van der Waals surface area contributed by atoms with Gasteiger partial charge in [-0.2, -0.15) is 4.31 Å². The van der Waals surface area contributed by atoms with Crippen LogP contribution in [0.4, 0.5) is 5.13 Å². The van der Waals surface area contributed by atoms with E-state index in [1.165, 1.54) is 23.5 Å². The van der Waals surface area contributed by atoms with E-state index < -0.39 is 10.0 Å². The lowest BCUT2D eigenvalue weighted by Crippen LogP contribution is -2.42. The van der Waals surface area contributed by atoms with Gasteiger partial charge in [0.05, 0.1) is 10.6 Å². The number of aryl methyl sites for hydroxylation is 1. The smallest absolute Gasteiger partial charge is 0.257 e. The minimum Gasteiger partial charge on any atom is -0.298 e. The maximum atomic E-state index is 12.9. The van der Waals surface area contributed by atoms with Gasteiger partial charge in [0.2, 0.25) is 10.0 Å². The Morgan fingerprint density at radius 1 is 1.19 bits per heavy atom. The summed E-state index contributed by atoms with van der Waals surface area (Å²) in [6.07, 6.45) is 1.04. The second-order valence-electron chi connectivity index (χ2n) is 7.04. The van der Waals surface area contributed by atoms with Gasteiger partial charge in [-0.1, -0.05) is 13.8 Å². The quantitative estimate of drug-likeness (QED) is 0.864. The lowest BCUT2D eigenvalue weighted by atomic mass is 9.94. The number of benzene rings is 1. The summed E-state index contributed by atoms with van der Waals surface area (Å²) < 4.78 is 27.3. The third kappa shape index (κ3) is 4.13. The number of aromatic nitrogens is 1. The van der Waals surface area contributed by atoms with Crippen molar-refractivity contribution in [3.63, 3.8) is 0 Å². The average molecular weight is 394 g/mol. The van der Waals surface area contributed by atoms with E-state index in [1.54, 1.807) is 16.4 Å². The second-order valence-corrected chi connectivity index (χ2v) is 9.84. The van der Waals surface area contributed by atoms with Gasteiger partial charge in [-0.25, -0.2) is 13.4 Å². The minimum atomic E-state index is -3.53. The summed E-state index contributed by atoms with van der Waals surface area (Å²) in [6.45, 7) is 7.09. The molecule has 140 valence electrons. The molecule has 1 fully saturated rings. The van der Waals surface area contributed by atoms with Crippen LogP contribution in [0.5, 0.6) is 0 Å². The third-order valence-corrected chi connectivity index (χ3v) is 7.15. The van der Waals surface area contributed by atoms with Gasteiger partial charge in [-0.05, 0) is 49.4 Å². The topological polar surface area (TPSA) is 79.4 Å². The van der Waals surface area contributed by atoms with Crippen molar-refractivity contribution in [1.82, 2.24) is 9.29 Å². The Balaban J connectivity index is 1.75. The zero-order chi connectivity index (χ0) is 18.9. The lowest BCUT2D eigenvalue weighted by molar-refractivity contribution is 0.102. The van der Waals surface area contributed by atoms with Crippen LogP contribution in [-0.4, -0.2) is 36.7 Å². The van der Waals surface area contributed by atoms with Crippen LogP contribution in [0.25, 0.3) is 0 Å².